The van der Waals surface area contributed by atoms with Gasteiger partial charge < -0.3 is 14.5 Å². The molecule has 2 amide bonds. The number of amides is 2. The first-order valence-electron chi connectivity index (χ1n) is 9.11. The van der Waals surface area contributed by atoms with E-state index in [0.717, 1.165) is 51.1 Å². The second-order valence-electron chi connectivity index (χ2n) is 7.17. The maximum Gasteiger partial charge on any atom is 0.254 e. The molecule has 136 valence electrons. The number of carbonyl (C=O) groups excluding carboxylic acids is 2. The number of aromatic nitrogens is 1. The van der Waals surface area contributed by atoms with Crippen LogP contribution in [0.15, 0.2) is 18.3 Å². The van der Waals surface area contributed by atoms with Crippen molar-refractivity contribution in [3.8, 4) is 0 Å². The molecule has 1 aromatic heterocycles. The molecule has 0 N–H and O–H groups in total. The number of rotatable bonds is 4. The standard InChI is InChI=1S/C19H27N3O3/c1-21(2)19(24)15-5-6-17(20-13-15)14-7-9-22(10-8-14)18(23)12-16-4-3-11-25-16/h5-6,13-14,16H,3-4,7-12H2,1-2H3. The highest BCUT2D eigenvalue weighted by Crippen LogP contribution is 2.27. The normalized spacial score (nSPS) is 21.4. The number of nitrogens with zero attached hydrogens (tertiary/aromatic N) is 3. The Morgan fingerprint density at radius 1 is 1.24 bits per heavy atom. The van der Waals surface area contributed by atoms with Crippen molar-refractivity contribution >= 4 is 11.8 Å². The van der Waals surface area contributed by atoms with Crippen LogP contribution in [0.4, 0.5) is 0 Å². The summed E-state index contributed by atoms with van der Waals surface area (Å²) in [4.78, 5) is 32.3. The average Bonchev–Trinajstić information content (AvgIpc) is 3.14. The van der Waals surface area contributed by atoms with Crippen molar-refractivity contribution in [2.75, 3.05) is 33.8 Å². The number of carbonyl (C=O) groups is 2. The van der Waals surface area contributed by atoms with Gasteiger partial charge in [-0.2, -0.15) is 0 Å². The van der Waals surface area contributed by atoms with Crippen molar-refractivity contribution in [2.45, 2.75) is 44.1 Å². The molecule has 6 nitrogen and oxygen atoms in total. The van der Waals surface area contributed by atoms with Gasteiger partial charge in [0, 0.05) is 51.6 Å². The van der Waals surface area contributed by atoms with Gasteiger partial charge in [-0.15, -0.1) is 0 Å². The summed E-state index contributed by atoms with van der Waals surface area (Å²) >= 11 is 0. The van der Waals surface area contributed by atoms with Gasteiger partial charge in [0.05, 0.1) is 18.1 Å². The fourth-order valence-corrected chi connectivity index (χ4v) is 3.59. The third kappa shape index (κ3) is 4.37. The molecule has 0 saturated carbocycles. The first-order chi connectivity index (χ1) is 12.0. The first kappa shape index (κ1) is 17.9. The molecule has 0 aliphatic carbocycles. The molecule has 2 aliphatic rings. The third-order valence-corrected chi connectivity index (χ3v) is 5.13. The molecule has 2 saturated heterocycles. The van der Waals surface area contributed by atoms with E-state index in [4.69, 9.17) is 4.74 Å². The molecule has 0 spiro atoms. The van der Waals surface area contributed by atoms with Gasteiger partial charge in [0.25, 0.3) is 5.91 Å². The number of ether oxygens (including phenoxy) is 1. The summed E-state index contributed by atoms with van der Waals surface area (Å²) in [7, 11) is 3.47. The van der Waals surface area contributed by atoms with Crippen molar-refractivity contribution in [2.24, 2.45) is 0 Å². The highest BCUT2D eigenvalue weighted by Gasteiger charge is 2.27. The van der Waals surface area contributed by atoms with Gasteiger partial charge in [-0.1, -0.05) is 0 Å². The van der Waals surface area contributed by atoms with E-state index < -0.39 is 0 Å². The average molecular weight is 345 g/mol. The lowest BCUT2D eigenvalue weighted by atomic mass is 9.92. The van der Waals surface area contributed by atoms with Gasteiger partial charge in [0.2, 0.25) is 5.91 Å². The van der Waals surface area contributed by atoms with Crippen molar-refractivity contribution in [1.29, 1.82) is 0 Å². The van der Waals surface area contributed by atoms with Crippen molar-refractivity contribution in [1.82, 2.24) is 14.8 Å². The second-order valence-corrected chi connectivity index (χ2v) is 7.17. The van der Waals surface area contributed by atoms with E-state index in [-0.39, 0.29) is 17.9 Å². The van der Waals surface area contributed by atoms with Gasteiger partial charge in [-0.05, 0) is 37.8 Å². The van der Waals surface area contributed by atoms with E-state index in [1.807, 2.05) is 17.0 Å². The molecule has 1 aromatic rings. The second kappa shape index (κ2) is 7.95. The lowest BCUT2D eigenvalue weighted by Gasteiger charge is -2.32. The zero-order chi connectivity index (χ0) is 17.8. The summed E-state index contributed by atoms with van der Waals surface area (Å²) in [5.41, 5.74) is 1.62. The topological polar surface area (TPSA) is 62.7 Å². The van der Waals surface area contributed by atoms with Gasteiger partial charge in [0.15, 0.2) is 0 Å². The molecule has 1 atom stereocenters. The highest BCUT2D eigenvalue weighted by atomic mass is 16.5. The minimum atomic E-state index is -0.0337. The number of hydrogen-bond acceptors (Lipinski definition) is 4. The Balaban J connectivity index is 1.51. The fraction of sp³-hybridized carbons (Fsp3) is 0.632. The molecule has 25 heavy (non-hydrogen) atoms. The van der Waals surface area contributed by atoms with E-state index in [1.165, 1.54) is 0 Å². The third-order valence-electron chi connectivity index (χ3n) is 5.13. The minimum Gasteiger partial charge on any atom is -0.378 e. The molecule has 2 fully saturated rings. The summed E-state index contributed by atoms with van der Waals surface area (Å²) in [6.07, 6.45) is 6.21. The van der Waals surface area contributed by atoms with Crippen LogP contribution in [0.2, 0.25) is 0 Å². The Morgan fingerprint density at radius 3 is 2.56 bits per heavy atom. The first-order valence-corrected chi connectivity index (χ1v) is 9.11. The van der Waals surface area contributed by atoms with Crippen LogP contribution in [0.5, 0.6) is 0 Å². The van der Waals surface area contributed by atoms with E-state index in [1.54, 1.807) is 25.2 Å². The maximum absolute atomic E-state index is 12.4. The van der Waals surface area contributed by atoms with Crippen molar-refractivity contribution in [3.63, 3.8) is 0 Å². The van der Waals surface area contributed by atoms with Gasteiger partial charge in [0.1, 0.15) is 0 Å². The van der Waals surface area contributed by atoms with Crippen LogP contribution in [-0.4, -0.2) is 66.5 Å². The molecule has 0 radical (unpaired) electrons. The van der Waals surface area contributed by atoms with Gasteiger partial charge in [-0.3, -0.25) is 14.6 Å². The van der Waals surface area contributed by atoms with E-state index in [9.17, 15) is 9.59 Å². The van der Waals surface area contributed by atoms with Gasteiger partial charge in [-0.25, -0.2) is 0 Å². The van der Waals surface area contributed by atoms with Crippen LogP contribution in [0.1, 0.15) is 54.1 Å². The van der Waals surface area contributed by atoms with Gasteiger partial charge >= 0.3 is 0 Å². The molecule has 2 aliphatic heterocycles. The molecular weight excluding hydrogens is 318 g/mol. The van der Waals surface area contributed by atoms with Crippen molar-refractivity contribution in [3.05, 3.63) is 29.6 Å². The van der Waals surface area contributed by atoms with Crippen LogP contribution in [-0.2, 0) is 9.53 Å². The molecule has 6 heteroatoms. The van der Waals surface area contributed by atoms with Crippen LogP contribution < -0.4 is 0 Å². The van der Waals surface area contributed by atoms with E-state index in [2.05, 4.69) is 4.98 Å². The Labute approximate surface area is 149 Å². The molecule has 1 unspecified atom stereocenters. The van der Waals surface area contributed by atoms with E-state index in [0.29, 0.717) is 17.9 Å². The SMILES string of the molecule is CN(C)C(=O)c1ccc(C2CCN(C(=O)CC3CCCO3)CC2)nc1. The smallest absolute Gasteiger partial charge is 0.254 e. The Bertz CT molecular complexity index is 601. The van der Waals surface area contributed by atoms with E-state index >= 15 is 0 Å². The molecule has 3 heterocycles. The Morgan fingerprint density at radius 2 is 2.00 bits per heavy atom. The molecular formula is C19H27N3O3. The number of pyridine rings is 1. The lowest BCUT2D eigenvalue weighted by Crippen LogP contribution is -2.39. The highest BCUT2D eigenvalue weighted by molar-refractivity contribution is 5.93. The lowest BCUT2D eigenvalue weighted by molar-refractivity contribution is -0.134. The minimum absolute atomic E-state index is 0.0337. The fourth-order valence-electron chi connectivity index (χ4n) is 3.59. The Kier molecular flexibility index (Phi) is 5.68. The van der Waals surface area contributed by atoms with Crippen LogP contribution >= 0.6 is 0 Å². The summed E-state index contributed by atoms with van der Waals surface area (Å²) < 4.78 is 5.56. The largest absolute Gasteiger partial charge is 0.378 e. The summed E-state index contributed by atoms with van der Waals surface area (Å²) in [5.74, 6) is 0.536. The predicted molar refractivity (Wildman–Crippen MR) is 94.4 cm³/mol. The molecule has 0 bridgehead atoms. The summed E-state index contributed by atoms with van der Waals surface area (Å²) in [5, 5.41) is 0. The number of piperidine rings is 1. The monoisotopic (exact) mass is 345 g/mol. The maximum atomic E-state index is 12.4. The molecule has 0 aromatic carbocycles. The summed E-state index contributed by atoms with van der Waals surface area (Å²) in [6, 6.07) is 3.80. The quantitative estimate of drug-likeness (QED) is 0.838. The zero-order valence-electron chi connectivity index (χ0n) is 15.1. The Hall–Kier alpha value is -1.95. The van der Waals surface area contributed by atoms with Crippen LogP contribution in [0.3, 0.4) is 0 Å². The zero-order valence-corrected chi connectivity index (χ0v) is 15.1. The van der Waals surface area contributed by atoms with Crippen LogP contribution in [0.25, 0.3) is 0 Å². The van der Waals surface area contributed by atoms with Crippen LogP contribution in [0, 0.1) is 0 Å². The predicted octanol–water partition coefficient (Wildman–Crippen LogP) is 2.06. The number of likely N-dealkylation sites (tertiary alicyclic amines) is 1. The number of hydrogen-bond donors (Lipinski definition) is 0. The molecule has 3 rings (SSSR count). The summed E-state index contributed by atoms with van der Waals surface area (Å²) in [6.45, 7) is 2.34. The van der Waals surface area contributed by atoms with Crippen molar-refractivity contribution < 1.29 is 14.3 Å².